The first kappa shape index (κ1) is 9.21. The quantitative estimate of drug-likeness (QED) is 0.732. The Morgan fingerprint density at radius 2 is 1.71 bits per heavy atom. The Hall–Kier alpha value is -0.0400. The second-order valence-corrected chi connectivity index (χ2v) is 6.22. The number of nitrogens with two attached hydrogens (primary N) is 1. The molecule has 3 fully saturated rings. The summed E-state index contributed by atoms with van der Waals surface area (Å²) in [5.41, 5.74) is 6.63. The lowest BCUT2D eigenvalue weighted by atomic mass is 9.75. The van der Waals surface area contributed by atoms with Gasteiger partial charge in [0.15, 0.2) is 0 Å². The molecule has 3 aliphatic carbocycles. The lowest BCUT2D eigenvalue weighted by Crippen LogP contribution is -2.31. The van der Waals surface area contributed by atoms with Crippen molar-refractivity contribution in [3.05, 3.63) is 0 Å². The van der Waals surface area contributed by atoms with E-state index in [2.05, 4.69) is 0 Å². The summed E-state index contributed by atoms with van der Waals surface area (Å²) >= 11 is 0. The summed E-state index contributed by atoms with van der Waals surface area (Å²) in [5, 5.41) is 0. The van der Waals surface area contributed by atoms with Gasteiger partial charge in [-0.05, 0) is 55.4 Å². The molecule has 0 saturated heterocycles. The Morgan fingerprint density at radius 1 is 1.07 bits per heavy atom. The average Bonchev–Trinajstić information content (AvgIpc) is 2.68. The van der Waals surface area contributed by atoms with Crippen LogP contribution < -0.4 is 5.73 Å². The highest BCUT2D eigenvalue weighted by atomic mass is 14.7. The van der Waals surface area contributed by atoms with Gasteiger partial charge in [0, 0.05) is 0 Å². The molecule has 80 valence electrons. The fraction of sp³-hybridized carbons (Fsp3) is 1.00. The zero-order valence-electron chi connectivity index (χ0n) is 9.17. The molecule has 0 heterocycles. The third kappa shape index (κ3) is 1.50. The fourth-order valence-electron chi connectivity index (χ4n) is 4.25. The maximum absolute atomic E-state index is 6.03. The molecule has 2 N–H and O–H groups in total. The molecule has 1 nitrogen and oxygen atoms in total. The summed E-state index contributed by atoms with van der Waals surface area (Å²) < 4.78 is 0. The highest BCUT2D eigenvalue weighted by molar-refractivity contribution is 5.04. The number of rotatable bonds is 3. The summed E-state index contributed by atoms with van der Waals surface area (Å²) in [7, 11) is 0. The van der Waals surface area contributed by atoms with Crippen molar-refractivity contribution in [3.8, 4) is 0 Å². The van der Waals surface area contributed by atoms with Crippen LogP contribution in [0.2, 0.25) is 0 Å². The monoisotopic (exact) mass is 193 g/mol. The Balaban J connectivity index is 1.62. The number of hydrogen-bond acceptors (Lipinski definition) is 1. The van der Waals surface area contributed by atoms with E-state index in [-0.39, 0.29) is 0 Å². The molecule has 0 aromatic rings. The first-order valence-electron chi connectivity index (χ1n) is 6.51. The normalized spacial score (nSPS) is 46.9. The van der Waals surface area contributed by atoms with Crippen LogP contribution in [0.4, 0.5) is 0 Å². The topological polar surface area (TPSA) is 26.0 Å². The van der Waals surface area contributed by atoms with Crippen molar-refractivity contribution < 1.29 is 0 Å². The fourth-order valence-corrected chi connectivity index (χ4v) is 4.25. The van der Waals surface area contributed by atoms with Gasteiger partial charge >= 0.3 is 0 Å². The van der Waals surface area contributed by atoms with Gasteiger partial charge in [-0.1, -0.05) is 25.7 Å². The van der Waals surface area contributed by atoms with Crippen molar-refractivity contribution in [3.63, 3.8) is 0 Å². The SMILES string of the molecule is NCC1(CC2CCCC2)CC2CC2C1. The van der Waals surface area contributed by atoms with Crippen molar-refractivity contribution in [2.24, 2.45) is 28.9 Å². The van der Waals surface area contributed by atoms with E-state index in [1.165, 1.54) is 51.4 Å². The highest BCUT2D eigenvalue weighted by Crippen LogP contribution is 2.61. The predicted molar refractivity (Wildman–Crippen MR) is 58.9 cm³/mol. The predicted octanol–water partition coefficient (Wildman–Crippen LogP) is 2.94. The molecule has 2 unspecified atom stereocenters. The third-order valence-electron chi connectivity index (χ3n) is 5.09. The van der Waals surface area contributed by atoms with E-state index < -0.39 is 0 Å². The number of hydrogen-bond donors (Lipinski definition) is 1. The van der Waals surface area contributed by atoms with Gasteiger partial charge in [0.2, 0.25) is 0 Å². The molecule has 0 spiro atoms. The molecule has 3 rings (SSSR count). The van der Waals surface area contributed by atoms with E-state index in [1.807, 2.05) is 0 Å². The summed E-state index contributed by atoms with van der Waals surface area (Å²) in [6.45, 7) is 0.969. The lowest BCUT2D eigenvalue weighted by Gasteiger charge is -2.32. The van der Waals surface area contributed by atoms with Crippen molar-refractivity contribution >= 4 is 0 Å². The van der Waals surface area contributed by atoms with Crippen LogP contribution in [0.3, 0.4) is 0 Å². The molecular weight excluding hydrogens is 170 g/mol. The highest BCUT2D eigenvalue weighted by Gasteiger charge is 2.53. The largest absolute Gasteiger partial charge is 0.330 e. The average molecular weight is 193 g/mol. The Bertz CT molecular complexity index is 207. The van der Waals surface area contributed by atoms with Crippen molar-refractivity contribution in [2.45, 2.75) is 51.4 Å². The van der Waals surface area contributed by atoms with Gasteiger partial charge in [0.1, 0.15) is 0 Å². The van der Waals surface area contributed by atoms with Crippen LogP contribution >= 0.6 is 0 Å². The van der Waals surface area contributed by atoms with Crippen LogP contribution in [-0.2, 0) is 0 Å². The molecular formula is C13H23N. The number of fused-ring (bicyclic) bond motifs is 1. The van der Waals surface area contributed by atoms with Crippen LogP contribution in [0.1, 0.15) is 51.4 Å². The van der Waals surface area contributed by atoms with E-state index >= 15 is 0 Å². The molecule has 14 heavy (non-hydrogen) atoms. The minimum atomic E-state index is 0.600. The third-order valence-corrected chi connectivity index (χ3v) is 5.09. The van der Waals surface area contributed by atoms with Gasteiger partial charge in [-0.2, -0.15) is 0 Å². The van der Waals surface area contributed by atoms with E-state index in [1.54, 1.807) is 0 Å². The zero-order chi connectivity index (χ0) is 9.60. The molecule has 0 bridgehead atoms. The first-order valence-corrected chi connectivity index (χ1v) is 6.51. The van der Waals surface area contributed by atoms with Crippen LogP contribution in [0.25, 0.3) is 0 Å². The lowest BCUT2D eigenvalue weighted by molar-refractivity contribution is 0.207. The van der Waals surface area contributed by atoms with Gasteiger partial charge in [-0.15, -0.1) is 0 Å². The van der Waals surface area contributed by atoms with E-state index in [9.17, 15) is 0 Å². The van der Waals surface area contributed by atoms with Crippen LogP contribution in [0.5, 0.6) is 0 Å². The molecule has 0 aromatic carbocycles. The van der Waals surface area contributed by atoms with Gasteiger partial charge < -0.3 is 5.73 Å². The molecule has 2 atom stereocenters. The minimum Gasteiger partial charge on any atom is -0.330 e. The van der Waals surface area contributed by atoms with Gasteiger partial charge in [0.25, 0.3) is 0 Å². The van der Waals surface area contributed by atoms with Gasteiger partial charge in [0.05, 0.1) is 0 Å². The van der Waals surface area contributed by atoms with E-state index in [4.69, 9.17) is 5.73 Å². The zero-order valence-corrected chi connectivity index (χ0v) is 9.17. The van der Waals surface area contributed by atoms with Gasteiger partial charge in [-0.25, -0.2) is 0 Å². The maximum Gasteiger partial charge on any atom is -0.00202 e. The van der Waals surface area contributed by atoms with Crippen LogP contribution in [0, 0.1) is 23.2 Å². The Labute approximate surface area is 87.4 Å². The maximum atomic E-state index is 6.03. The second kappa shape index (κ2) is 3.23. The molecule has 0 aromatic heterocycles. The summed E-state index contributed by atoms with van der Waals surface area (Å²) in [4.78, 5) is 0. The summed E-state index contributed by atoms with van der Waals surface area (Å²) in [5.74, 6) is 3.23. The Morgan fingerprint density at radius 3 is 2.29 bits per heavy atom. The molecule has 1 heteroatoms. The summed E-state index contributed by atoms with van der Waals surface area (Å²) in [6, 6.07) is 0. The standard InChI is InChI=1S/C13H23N/c14-9-13(6-10-3-1-2-4-10)7-11-5-12(11)8-13/h10-12H,1-9,14H2. The minimum absolute atomic E-state index is 0.600. The molecule has 0 radical (unpaired) electrons. The first-order chi connectivity index (χ1) is 6.81. The van der Waals surface area contributed by atoms with Gasteiger partial charge in [-0.3, -0.25) is 0 Å². The summed E-state index contributed by atoms with van der Waals surface area (Å²) in [6.07, 6.45) is 11.9. The molecule has 0 aliphatic heterocycles. The van der Waals surface area contributed by atoms with Crippen LogP contribution in [0.15, 0.2) is 0 Å². The molecule has 3 aliphatic rings. The van der Waals surface area contributed by atoms with Crippen LogP contribution in [-0.4, -0.2) is 6.54 Å². The van der Waals surface area contributed by atoms with E-state index in [0.29, 0.717) is 5.41 Å². The smallest absolute Gasteiger partial charge is 0.00202 e. The second-order valence-electron chi connectivity index (χ2n) is 6.22. The van der Waals surface area contributed by atoms with Crippen molar-refractivity contribution in [1.29, 1.82) is 0 Å². The molecule has 3 saturated carbocycles. The molecule has 0 amide bonds. The Kier molecular flexibility index (Phi) is 2.12. The van der Waals surface area contributed by atoms with E-state index in [0.717, 1.165) is 24.3 Å². The van der Waals surface area contributed by atoms with Crippen molar-refractivity contribution in [2.75, 3.05) is 6.54 Å². The van der Waals surface area contributed by atoms with Crippen molar-refractivity contribution in [1.82, 2.24) is 0 Å².